The summed E-state index contributed by atoms with van der Waals surface area (Å²) >= 11 is 1.31. The molecule has 1 aliphatic heterocycles. The Morgan fingerprint density at radius 2 is 2.00 bits per heavy atom. The molecule has 1 aliphatic carbocycles. The van der Waals surface area contributed by atoms with Crippen molar-refractivity contribution in [2.24, 2.45) is 0 Å². The van der Waals surface area contributed by atoms with E-state index in [0.29, 0.717) is 28.7 Å². The zero-order valence-corrected chi connectivity index (χ0v) is 17.0. The second-order valence-corrected chi connectivity index (χ2v) is 8.41. The Kier molecular flexibility index (Phi) is 5.75. The summed E-state index contributed by atoms with van der Waals surface area (Å²) in [6, 6.07) is 5.86. The molecular formula is C20H25N3O4S. The fraction of sp³-hybridized carbons (Fsp3) is 0.550. The van der Waals surface area contributed by atoms with Gasteiger partial charge in [-0.05, 0) is 44.9 Å². The van der Waals surface area contributed by atoms with Crippen LogP contribution in [0.5, 0.6) is 11.5 Å². The molecule has 2 aromatic rings. The van der Waals surface area contributed by atoms with E-state index in [9.17, 15) is 4.79 Å². The van der Waals surface area contributed by atoms with E-state index in [2.05, 4.69) is 10.2 Å². The molecule has 150 valence electrons. The van der Waals surface area contributed by atoms with Crippen molar-refractivity contribution in [3.8, 4) is 23.0 Å². The first-order chi connectivity index (χ1) is 13.7. The lowest BCUT2D eigenvalue weighted by molar-refractivity contribution is -0.133. The van der Waals surface area contributed by atoms with Gasteiger partial charge in [0.1, 0.15) is 0 Å². The van der Waals surface area contributed by atoms with Crippen LogP contribution < -0.4 is 9.47 Å². The predicted octanol–water partition coefficient (Wildman–Crippen LogP) is 4.13. The molecule has 0 unspecified atom stereocenters. The molecule has 1 aromatic heterocycles. The van der Waals surface area contributed by atoms with E-state index in [-0.39, 0.29) is 18.0 Å². The molecule has 1 fully saturated rings. The maximum atomic E-state index is 13.0. The van der Waals surface area contributed by atoms with Crippen LogP contribution in [0, 0.1) is 0 Å². The summed E-state index contributed by atoms with van der Waals surface area (Å²) in [5.74, 6) is 1.92. The van der Waals surface area contributed by atoms with E-state index in [1.165, 1.54) is 31.0 Å². The molecule has 1 aromatic carbocycles. The first-order valence-electron chi connectivity index (χ1n) is 9.86. The van der Waals surface area contributed by atoms with Crippen molar-refractivity contribution >= 4 is 17.7 Å². The van der Waals surface area contributed by atoms with Crippen LogP contribution in [0.15, 0.2) is 27.8 Å². The van der Waals surface area contributed by atoms with Crippen LogP contribution in [0.2, 0.25) is 0 Å². The maximum Gasteiger partial charge on any atom is 0.277 e. The van der Waals surface area contributed by atoms with Crippen LogP contribution in [-0.2, 0) is 4.79 Å². The minimum atomic E-state index is -0.271. The third-order valence-electron chi connectivity index (χ3n) is 5.29. The highest BCUT2D eigenvalue weighted by Crippen LogP contribution is 2.36. The molecule has 7 nitrogen and oxygen atoms in total. The number of benzene rings is 1. The normalized spacial score (nSPS) is 17.5. The number of carbonyl (C=O) groups excluding carboxylic acids is 1. The Morgan fingerprint density at radius 3 is 2.79 bits per heavy atom. The van der Waals surface area contributed by atoms with Crippen LogP contribution in [-0.4, -0.2) is 45.6 Å². The third-order valence-corrected chi connectivity index (χ3v) is 6.21. The van der Waals surface area contributed by atoms with Crippen molar-refractivity contribution in [2.75, 3.05) is 13.3 Å². The standard InChI is InChI=1S/C20H25N3O4S/c1-3-23(15-7-5-4-6-8-15)19(24)13(2)28-20-22-21-18(27-20)14-9-10-16-17(11-14)26-12-25-16/h9-11,13,15H,3-8,12H2,1-2H3/t13-/m1/s1. The van der Waals surface area contributed by atoms with Gasteiger partial charge < -0.3 is 18.8 Å². The number of nitrogens with zero attached hydrogens (tertiary/aromatic N) is 3. The van der Waals surface area contributed by atoms with Gasteiger partial charge in [-0.1, -0.05) is 31.0 Å². The molecule has 0 bridgehead atoms. The van der Waals surface area contributed by atoms with E-state index < -0.39 is 0 Å². The minimum Gasteiger partial charge on any atom is -0.454 e. The summed E-state index contributed by atoms with van der Waals surface area (Å²) in [6.45, 7) is 4.91. The van der Waals surface area contributed by atoms with Gasteiger partial charge in [0.2, 0.25) is 18.6 Å². The van der Waals surface area contributed by atoms with Crippen molar-refractivity contribution in [1.29, 1.82) is 0 Å². The van der Waals surface area contributed by atoms with E-state index in [1.807, 2.05) is 36.9 Å². The number of fused-ring (bicyclic) bond motifs is 1. The zero-order valence-electron chi connectivity index (χ0n) is 16.2. The summed E-state index contributed by atoms with van der Waals surface area (Å²) in [4.78, 5) is 15.0. The highest BCUT2D eigenvalue weighted by Gasteiger charge is 2.29. The lowest BCUT2D eigenvalue weighted by Gasteiger charge is -2.34. The van der Waals surface area contributed by atoms with Crippen LogP contribution >= 0.6 is 11.8 Å². The quantitative estimate of drug-likeness (QED) is 0.671. The van der Waals surface area contributed by atoms with Crippen LogP contribution in [0.1, 0.15) is 46.0 Å². The fourth-order valence-electron chi connectivity index (χ4n) is 3.83. The Labute approximate surface area is 168 Å². The van der Waals surface area contributed by atoms with E-state index in [0.717, 1.165) is 24.9 Å². The van der Waals surface area contributed by atoms with Crippen molar-refractivity contribution in [1.82, 2.24) is 15.1 Å². The highest BCUT2D eigenvalue weighted by atomic mass is 32.2. The molecule has 0 N–H and O–H groups in total. The molecule has 2 aliphatic rings. The molecular weight excluding hydrogens is 378 g/mol. The number of hydrogen-bond acceptors (Lipinski definition) is 7. The summed E-state index contributed by atoms with van der Waals surface area (Å²) in [5, 5.41) is 8.36. The fourth-order valence-corrected chi connectivity index (χ4v) is 4.58. The molecule has 0 saturated heterocycles. The summed E-state index contributed by atoms with van der Waals surface area (Å²) in [5.41, 5.74) is 0.764. The Balaban J connectivity index is 1.42. The van der Waals surface area contributed by atoms with Gasteiger partial charge in [0.15, 0.2) is 11.5 Å². The van der Waals surface area contributed by atoms with E-state index >= 15 is 0 Å². The molecule has 0 radical (unpaired) electrons. The molecule has 1 amide bonds. The molecule has 4 rings (SSSR count). The largest absolute Gasteiger partial charge is 0.454 e. The minimum absolute atomic E-state index is 0.141. The second kappa shape index (κ2) is 8.43. The molecule has 8 heteroatoms. The highest BCUT2D eigenvalue weighted by molar-refractivity contribution is 8.00. The van der Waals surface area contributed by atoms with Gasteiger partial charge in [-0.25, -0.2) is 0 Å². The van der Waals surface area contributed by atoms with Crippen LogP contribution in [0.3, 0.4) is 0 Å². The van der Waals surface area contributed by atoms with Crippen molar-refractivity contribution in [3.63, 3.8) is 0 Å². The average Bonchev–Trinajstić information content (AvgIpc) is 3.38. The molecule has 1 saturated carbocycles. The van der Waals surface area contributed by atoms with Gasteiger partial charge in [-0.2, -0.15) is 0 Å². The summed E-state index contributed by atoms with van der Waals surface area (Å²) in [6.07, 6.45) is 5.89. The molecule has 1 atom stereocenters. The van der Waals surface area contributed by atoms with E-state index in [4.69, 9.17) is 13.9 Å². The maximum absolute atomic E-state index is 13.0. The average molecular weight is 404 g/mol. The SMILES string of the molecule is CCN(C(=O)[C@@H](C)Sc1nnc(-c2ccc3c(c2)OCO3)o1)C1CCCCC1. The Morgan fingerprint density at radius 1 is 1.21 bits per heavy atom. The monoisotopic (exact) mass is 403 g/mol. The van der Waals surface area contributed by atoms with Crippen molar-refractivity contribution in [2.45, 2.75) is 62.5 Å². The van der Waals surface area contributed by atoms with Gasteiger partial charge >= 0.3 is 0 Å². The number of amides is 1. The number of carbonyl (C=O) groups is 1. The first-order valence-corrected chi connectivity index (χ1v) is 10.7. The smallest absolute Gasteiger partial charge is 0.277 e. The number of thioether (sulfide) groups is 1. The molecule has 2 heterocycles. The van der Waals surface area contributed by atoms with Crippen LogP contribution in [0.25, 0.3) is 11.5 Å². The van der Waals surface area contributed by atoms with Crippen molar-refractivity contribution in [3.05, 3.63) is 18.2 Å². The number of aromatic nitrogens is 2. The van der Waals surface area contributed by atoms with Gasteiger partial charge in [0, 0.05) is 18.2 Å². The van der Waals surface area contributed by atoms with Gasteiger partial charge in [-0.3, -0.25) is 4.79 Å². The second-order valence-electron chi connectivity index (χ2n) is 7.12. The molecule has 0 spiro atoms. The number of rotatable bonds is 6. The lowest BCUT2D eigenvalue weighted by atomic mass is 9.94. The van der Waals surface area contributed by atoms with Crippen LogP contribution in [0.4, 0.5) is 0 Å². The van der Waals surface area contributed by atoms with Gasteiger partial charge in [-0.15, -0.1) is 10.2 Å². The third kappa shape index (κ3) is 3.97. The Bertz CT molecular complexity index is 835. The van der Waals surface area contributed by atoms with E-state index in [1.54, 1.807) is 0 Å². The first kappa shape index (κ1) is 19.1. The van der Waals surface area contributed by atoms with Gasteiger partial charge in [0.05, 0.1) is 5.25 Å². The topological polar surface area (TPSA) is 77.7 Å². The summed E-state index contributed by atoms with van der Waals surface area (Å²) in [7, 11) is 0. The number of ether oxygens (including phenoxy) is 2. The molecule has 28 heavy (non-hydrogen) atoms. The lowest BCUT2D eigenvalue weighted by Crippen LogP contribution is -2.44. The van der Waals surface area contributed by atoms with Gasteiger partial charge in [0.25, 0.3) is 5.22 Å². The van der Waals surface area contributed by atoms with Crippen molar-refractivity contribution < 1.29 is 18.7 Å². The zero-order chi connectivity index (χ0) is 19.5. The predicted molar refractivity (Wildman–Crippen MR) is 105 cm³/mol. The summed E-state index contributed by atoms with van der Waals surface area (Å²) < 4.78 is 16.5. The number of hydrogen-bond donors (Lipinski definition) is 0. The Hall–Kier alpha value is -2.22.